The SMILES string of the molecule is Cc1ccc(C(=O)N2CCN(C(=O)OCc3ccccc3)C2C(=O)NC(CC(=O)O)C2CCCCC2)cc1. The van der Waals surface area contributed by atoms with Crippen LogP contribution >= 0.6 is 0 Å². The van der Waals surface area contributed by atoms with Gasteiger partial charge in [0.05, 0.1) is 6.42 Å². The van der Waals surface area contributed by atoms with E-state index < -0.39 is 30.2 Å². The summed E-state index contributed by atoms with van der Waals surface area (Å²) in [5, 5.41) is 12.4. The Labute approximate surface area is 222 Å². The van der Waals surface area contributed by atoms with Gasteiger partial charge in [0.2, 0.25) is 0 Å². The maximum Gasteiger partial charge on any atom is 0.412 e. The van der Waals surface area contributed by atoms with Gasteiger partial charge >= 0.3 is 12.1 Å². The zero-order valence-corrected chi connectivity index (χ0v) is 21.7. The van der Waals surface area contributed by atoms with Gasteiger partial charge in [0, 0.05) is 24.7 Å². The van der Waals surface area contributed by atoms with Gasteiger partial charge < -0.3 is 20.1 Å². The molecule has 4 rings (SSSR count). The number of hydrogen-bond donors (Lipinski definition) is 2. The van der Waals surface area contributed by atoms with Gasteiger partial charge in [0.1, 0.15) is 6.61 Å². The average molecular weight is 522 g/mol. The lowest BCUT2D eigenvalue weighted by Crippen LogP contribution is -2.57. The van der Waals surface area contributed by atoms with Crippen molar-refractivity contribution in [2.24, 2.45) is 5.92 Å². The van der Waals surface area contributed by atoms with Crippen molar-refractivity contribution in [1.29, 1.82) is 0 Å². The van der Waals surface area contributed by atoms with Crippen molar-refractivity contribution in [2.75, 3.05) is 13.1 Å². The first-order valence-corrected chi connectivity index (χ1v) is 13.2. The van der Waals surface area contributed by atoms with Gasteiger partial charge in [0.25, 0.3) is 11.8 Å². The fourth-order valence-electron chi connectivity index (χ4n) is 5.30. The minimum absolute atomic E-state index is 0.0279. The number of aryl methyl sites for hydroxylation is 1. The van der Waals surface area contributed by atoms with E-state index in [1.165, 1.54) is 9.80 Å². The number of nitrogens with one attached hydrogen (secondary N) is 1. The van der Waals surface area contributed by atoms with E-state index in [4.69, 9.17) is 4.74 Å². The molecule has 2 N–H and O–H groups in total. The van der Waals surface area contributed by atoms with Crippen LogP contribution in [0.4, 0.5) is 4.79 Å². The third-order valence-electron chi connectivity index (χ3n) is 7.35. The molecule has 0 bridgehead atoms. The molecule has 1 aliphatic carbocycles. The van der Waals surface area contributed by atoms with Crippen LogP contribution in [0.5, 0.6) is 0 Å². The third-order valence-corrected chi connectivity index (χ3v) is 7.35. The Kier molecular flexibility index (Phi) is 8.99. The van der Waals surface area contributed by atoms with Crippen LogP contribution in [0, 0.1) is 12.8 Å². The number of benzene rings is 2. The second-order valence-corrected chi connectivity index (χ2v) is 10.1. The molecule has 1 saturated carbocycles. The van der Waals surface area contributed by atoms with Crippen LogP contribution < -0.4 is 5.32 Å². The molecule has 0 radical (unpaired) electrons. The minimum Gasteiger partial charge on any atom is -0.481 e. The number of amides is 3. The number of carboxylic acid groups (broad SMARTS) is 1. The van der Waals surface area contributed by atoms with Crippen molar-refractivity contribution in [3.05, 3.63) is 71.3 Å². The highest BCUT2D eigenvalue weighted by atomic mass is 16.6. The Morgan fingerprint density at radius 1 is 0.947 bits per heavy atom. The van der Waals surface area contributed by atoms with Crippen molar-refractivity contribution < 1.29 is 29.0 Å². The summed E-state index contributed by atoms with van der Waals surface area (Å²) in [6, 6.07) is 15.6. The minimum atomic E-state index is -1.24. The van der Waals surface area contributed by atoms with Crippen molar-refractivity contribution in [3.63, 3.8) is 0 Å². The molecule has 2 aromatic rings. The predicted molar refractivity (Wildman–Crippen MR) is 140 cm³/mol. The molecule has 0 aromatic heterocycles. The first-order chi connectivity index (χ1) is 18.3. The normalized spacial score (nSPS) is 18.6. The predicted octanol–water partition coefficient (Wildman–Crippen LogP) is 3.96. The number of rotatable bonds is 8. The van der Waals surface area contributed by atoms with Crippen molar-refractivity contribution >= 4 is 23.9 Å². The van der Waals surface area contributed by atoms with Gasteiger partial charge in [-0.2, -0.15) is 0 Å². The Balaban J connectivity index is 1.56. The van der Waals surface area contributed by atoms with Gasteiger partial charge in [-0.1, -0.05) is 67.3 Å². The summed E-state index contributed by atoms with van der Waals surface area (Å²) in [6.45, 7) is 2.22. The van der Waals surface area contributed by atoms with Crippen LogP contribution in [0.3, 0.4) is 0 Å². The Morgan fingerprint density at radius 3 is 2.26 bits per heavy atom. The van der Waals surface area contributed by atoms with E-state index in [9.17, 15) is 24.3 Å². The van der Waals surface area contributed by atoms with Crippen molar-refractivity contribution in [1.82, 2.24) is 15.1 Å². The summed E-state index contributed by atoms with van der Waals surface area (Å²) >= 11 is 0. The number of ether oxygens (including phenoxy) is 1. The summed E-state index contributed by atoms with van der Waals surface area (Å²) in [4.78, 5) is 54.6. The van der Waals surface area contributed by atoms with E-state index in [1.807, 2.05) is 49.4 Å². The molecule has 1 saturated heterocycles. The lowest BCUT2D eigenvalue weighted by molar-refractivity contribution is -0.138. The van der Waals surface area contributed by atoms with Crippen LogP contribution in [-0.2, 0) is 20.9 Å². The molecule has 38 heavy (non-hydrogen) atoms. The Bertz CT molecular complexity index is 1130. The molecule has 2 unspecified atom stereocenters. The smallest absolute Gasteiger partial charge is 0.412 e. The van der Waals surface area contributed by atoms with Gasteiger partial charge in [0.15, 0.2) is 6.17 Å². The molecule has 3 amide bonds. The second-order valence-electron chi connectivity index (χ2n) is 10.1. The maximum atomic E-state index is 13.7. The number of carbonyl (C=O) groups excluding carboxylic acids is 3. The van der Waals surface area contributed by atoms with Crippen LogP contribution in [0.1, 0.15) is 60.0 Å². The van der Waals surface area contributed by atoms with Crippen molar-refractivity contribution in [3.8, 4) is 0 Å². The maximum absolute atomic E-state index is 13.7. The first-order valence-electron chi connectivity index (χ1n) is 13.2. The molecular formula is C29H35N3O6. The van der Waals surface area contributed by atoms with E-state index in [-0.39, 0.29) is 37.9 Å². The molecule has 202 valence electrons. The highest BCUT2D eigenvalue weighted by Gasteiger charge is 2.45. The fraction of sp³-hybridized carbons (Fsp3) is 0.448. The third kappa shape index (κ3) is 6.70. The fourth-order valence-corrected chi connectivity index (χ4v) is 5.30. The van der Waals surface area contributed by atoms with Crippen LogP contribution in [-0.4, -0.2) is 64.1 Å². The monoisotopic (exact) mass is 521 g/mol. The first kappa shape index (κ1) is 27.2. The molecule has 1 aliphatic heterocycles. The van der Waals surface area contributed by atoms with Gasteiger partial charge in [-0.05, 0) is 43.4 Å². The molecule has 2 atom stereocenters. The van der Waals surface area contributed by atoms with E-state index in [2.05, 4.69) is 5.32 Å². The molecule has 9 heteroatoms. The Morgan fingerprint density at radius 2 is 1.61 bits per heavy atom. The van der Waals surface area contributed by atoms with E-state index >= 15 is 0 Å². The molecule has 0 spiro atoms. The quantitative estimate of drug-likeness (QED) is 0.543. The zero-order chi connectivity index (χ0) is 27.1. The summed E-state index contributed by atoms with van der Waals surface area (Å²) in [5.74, 6) is -1.92. The Hall–Kier alpha value is -3.88. The molecule has 2 aromatic carbocycles. The standard InChI is InChI=1S/C29H35N3O6/c1-20-12-14-23(15-13-20)28(36)31-16-17-32(29(37)38-19-21-8-4-2-5-9-21)27(31)26(35)30-24(18-25(33)34)22-10-6-3-7-11-22/h2,4-5,8-9,12-15,22,24,27H,3,6-7,10-11,16-19H2,1H3,(H,30,35)(H,33,34). The van der Waals surface area contributed by atoms with E-state index in [0.29, 0.717) is 5.56 Å². The molecule has 1 heterocycles. The number of nitrogens with zero attached hydrogens (tertiary/aromatic N) is 2. The number of aliphatic carboxylic acids is 1. The van der Waals surface area contributed by atoms with E-state index in [1.54, 1.807) is 12.1 Å². The largest absolute Gasteiger partial charge is 0.481 e. The van der Waals surface area contributed by atoms with Gasteiger partial charge in [-0.3, -0.25) is 19.3 Å². The molecular weight excluding hydrogens is 486 g/mol. The zero-order valence-electron chi connectivity index (χ0n) is 21.7. The number of carbonyl (C=O) groups is 4. The van der Waals surface area contributed by atoms with Crippen molar-refractivity contribution in [2.45, 2.75) is 64.3 Å². The summed E-state index contributed by atoms with van der Waals surface area (Å²) in [6.07, 6.45) is 2.55. The highest BCUT2D eigenvalue weighted by Crippen LogP contribution is 2.29. The summed E-state index contributed by atoms with van der Waals surface area (Å²) < 4.78 is 5.50. The van der Waals surface area contributed by atoms with Crippen LogP contribution in [0.25, 0.3) is 0 Å². The molecule has 2 aliphatic rings. The summed E-state index contributed by atoms with van der Waals surface area (Å²) in [5.41, 5.74) is 2.20. The highest BCUT2D eigenvalue weighted by molar-refractivity contribution is 5.99. The lowest BCUT2D eigenvalue weighted by Gasteiger charge is -2.34. The molecule has 2 fully saturated rings. The number of carboxylic acids is 1. The van der Waals surface area contributed by atoms with Crippen LogP contribution in [0.15, 0.2) is 54.6 Å². The summed E-state index contributed by atoms with van der Waals surface area (Å²) in [7, 11) is 0. The second kappa shape index (κ2) is 12.6. The topological polar surface area (TPSA) is 116 Å². The van der Waals surface area contributed by atoms with Crippen LogP contribution in [0.2, 0.25) is 0 Å². The van der Waals surface area contributed by atoms with E-state index in [0.717, 1.165) is 43.2 Å². The molecule has 9 nitrogen and oxygen atoms in total. The van der Waals surface area contributed by atoms with Gasteiger partial charge in [-0.15, -0.1) is 0 Å². The van der Waals surface area contributed by atoms with Gasteiger partial charge in [-0.25, -0.2) is 4.79 Å². The average Bonchev–Trinajstić information content (AvgIpc) is 3.38. The number of hydrogen-bond acceptors (Lipinski definition) is 5. The lowest BCUT2D eigenvalue weighted by atomic mass is 9.82.